The summed E-state index contributed by atoms with van der Waals surface area (Å²) < 4.78 is 37.7. The molecule has 2 rings (SSSR count). The number of carboxylic acid groups (broad SMARTS) is 1. The largest absolute Gasteiger partial charge is 0.478 e. The molecular formula is C13H12F3NO3. The van der Waals surface area contributed by atoms with Gasteiger partial charge in [-0.1, -0.05) is 6.07 Å². The second-order valence-corrected chi connectivity index (χ2v) is 4.62. The van der Waals surface area contributed by atoms with Crippen LogP contribution in [-0.4, -0.2) is 29.7 Å². The van der Waals surface area contributed by atoms with Gasteiger partial charge in [-0.3, -0.25) is 4.79 Å². The van der Waals surface area contributed by atoms with Crippen molar-refractivity contribution < 1.29 is 27.9 Å². The first kappa shape index (κ1) is 14.4. The van der Waals surface area contributed by atoms with Crippen LogP contribution in [0.15, 0.2) is 12.1 Å². The number of alkyl halides is 3. The zero-order valence-corrected chi connectivity index (χ0v) is 10.6. The van der Waals surface area contributed by atoms with Gasteiger partial charge in [0.1, 0.15) is 0 Å². The van der Waals surface area contributed by atoms with Crippen molar-refractivity contribution in [2.45, 2.75) is 25.9 Å². The molecule has 4 nitrogen and oxygen atoms in total. The van der Waals surface area contributed by atoms with Crippen LogP contribution in [0, 0.1) is 6.92 Å². The molecule has 1 aliphatic heterocycles. The molecule has 1 aliphatic rings. The summed E-state index contributed by atoms with van der Waals surface area (Å²) in [6.07, 6.45) is -4.32. The van der Waals surface area contributed by atoms with Crippen molar-refractivity contribution in [2.24, 2.45) is 0 Å². The van der Waals surface area contributed by atoms with Crippen LogP contribution in [0.1, 0.15) is 27.9 Å². The number of rotatable bonds is 1. The Morgan fingerprint density at radius 2 is 1.95 bits per heavy atom. The average Bonchev–Trinajstić information content (AvgIpc) is 2.35. The zero-order chi connectivity index (χ0) is 15.1. The molecule has 108 valence electrons. The summed E-state index contributed by atoms with van der Waals surface area (Å²) in [7, 11) is 0. The van der Waals surface area contributed by atoms with E-state index in [4.69, 9.17) is 0 Å². The molecule has 1 amide bonds. The summed E-state index contributed by atoms with van der Waals surface area (Å²) in [5, 5.41) is 9.18. The van der Waals surface area contributed by atoms with Crippen LogP contribution >= 0.6 is 0 Å². The molecule has 0 radical (unpaired) electrons. The highest BCUT2D eigenvalue weighted by atomic mass is 19.4. The molecule has 0 saturated carbocycles. The predicted molar refractivity (Wildman–Crippen MR) is 64.9 cm³/mol. The second kappa shape index (κ2) is 4.81. The van der Waals surface area contributed by atoms with Crippen molar-refractivity contribution in [3.63, 3.8) is 0 Å². The number of carbonyl (C=O) groups excluding carboxylic acids is 1. The lowest BCUT2D eigenvalue weighted by Gasteiger charge is -2.31. The number of carboxylic acids is 1. The number of carbonyl (C=O) groups is 2. The van der Waals surface area contributed by atoms with Gasteiger partial charge in [0.05, 0.1) is 5.56 Å². The summed E-state index contributed by atoms with van der Waals surface area (Å²) in [5.74, 6) is -3.15. The molecule has 0 aromatic heterocycles. The van der Waals surface area contributed by atoms with Gasteiger partial charge >= 0.3 is 18.1 Å². The lowest BCUT2D eigenvalue weighted by molar-refractivity contribution is -0.170. The standard InChI is InChI=1S/C13H12F3NO3/c1-7-4-5-9-8(10(7)11(18)19)3-2-6-17(9)12(20)13(14,15)16/h4-5H,2-3,6H2,1H3,(H,18,19). The Balaban J connectivity index is 2.56. The van der Waals surface area contributed by atoms with E-state index in [0.717, 1.165) is 0 Å². The Hall–Kier alpha value is -2.05. The molecule has 0 unspecified atom stereocenters. The highest BCUT2D eigenvalue weighted by Crippen LogP contribution is 2.34. The van der Waals surface area contributed by atoms with Crippen LogP contribution in [-0.2, 0) is 11.2 Å². The van der Waals surface area contributed by atoms with E-state index in [9.17, 15) is 27.9 Å². The molecule has 1 aromatic rings. The average molecular weight is 287 g/mol. The van der Waals surface area contributed by atoms with Crippen molar-refractivity contribution in [2.75, 3.05) is 11.4 Å². The van der Waals surface area contributed by atoms with E-state index in [-0.39, 0.29) is 17.8 Å². The molecule has 7 heteroatoms. The number of amides is 1. The van der Waals surface area contributed by atoms with E-state index in [2.05, 4.69) is 0 Å². The Morgan fingerprint density at radius 3 is 2.50 bits per heavy atom. The Labute approximate surface area is 112 Å². The van der Waals surface area contributed by atoms with Gasteiger partial charge in [0.25, 0.3) is 0 Å². The first-order valence-corrected chi connectivity index (χ1v) is 5.98. The van der Waals surface area contributed by atoms with Crippen LogP contribution in [0.2, 0.25) is 0 Å². The van der Waals surface area contributed by atoms with Crippen LogP contribution < -0.4 is 4.90 Å². The fraction of sp³-hybridized carbons (Fsp3) is 0.385. The van der Waals surface area contributed by atoms with Crippen LogP contribution in [0.3, 0.4) is 0 Å². The number of anilines is 1. The van der Waals surface area contributed by atoms with Crippen molar-refractivity contribution in [3.8, 4) is 0 Å². The van der Waals surface area contributed by atoms with Gasteiger partial charge in [0.15, 0.2) is 0 Å². The topological polar surface area (TPSA) is 57.6 Å². The minimum absolute atomic E-state index is 0.0119. The van der Waals surface area contributed by atoms with Gasteiger partial charge in [0, 0.05) is 12.2 Å². The third-order valence-electron chi connectivity index (χ3n) is 3.30. The van der Waals surface area contributed by atoms with Gasteiger partial charge in [-0.15, -0.1) is 0 Å². The number of aromatic carboxylic acids is 1. The summed E-state index contributed by atoms with van der Waals surface area (Å²) in [6.45, 7) is 1.52. The van der Waals surface area contributed by atoms with Gasteiger partial charge in [-0.25, -0.2) is 4.79 Å². The minimum atomic E-state index is -4.97. The van der Waals surface area contributed by atoms with Crippen molar-refractivity contribution in [1.29, 1.82) is 0 Å². The Morgan fingerprint density at radius 1 is 1.30 bits per heavy atom. The molecule has 1 heterocycles. The van der Waals surface area contributed by atoms with E-state index in [0.29, 0.717) is 28.9 Å². The number of aryl methyl sites for hydroxylation is 1. The minimum Gasteiger partial charge on any atom is -0.478 e. The Kier molecular flexibility index (Phi) is 3.45. The van der Waals surface area contributed by atoms with Gasteiger partial charge < -0.3 is 10.0 Å². The third-order valence-corrected chi connectivity index (χ3v) is 3.30. The van der Waals surface area contributed by atoms with E-state index in [1.54, 1.807) is 6.92 Å². The SMILES string of the molecule is Cc1ccc2c(c1C(=O)O)CCCN2C(=O)C(F)(F)F. The van der Waals surface area contributed by atoms with Crippen LogP contribution in [0.25, 0.3) is 0 Å². The maximum atomic E-state index is 12.6. The Bertz CT molecular complexity index is 581. The van der Waals surface area contributed by atoms with E-state index in [1.807, 2.05) is 0 Å². The molecule has 0 fully saturated rings. The molecule has 0 saturated heterocycles. The molecule has 1 aromatic carbocycles. The first-order chi connectivity index (χ1) is 9.23. The quantitative estimate of drug-likeness (QED) is 0.863. The highest BCUT2D eigenvalue weighted by Gasteiger charge is 2.44. The van der Waals surface area contributed by atoms with Crippen molar-refractivity contribution in [1.82, 2.24) is 0 Å². The van der Waals surface area contributed by atoms with Crippen molar-refractivity contribution in [3.05, 3.63) is 28.8 Å². The molecule has 0 spiro atoms. The lowest BCUT2D eigenvalue weighted by Crippen LogP contribution is -2.44. The molecule has 0 atom stereocenters. The fourth-order valence-corrected chi connectivity index (χ4v) is 2.46. The van der Waals surface area contributed by atoms with Crippen LogP contribution in [0.5, 0.6) is 0 Å². The van der Waals surface area contributed by atoms with Crippen molar-refractivity contribution >= 4 is 17.6 Å². The van der Waals surface area contributed by atoms with Gasteiger partial charge in [-0.2, -0.15) is 13.2 Å². The predicted octanol–water partition coefficient (Wildman–Crippen LogP) is 2.53. The van der Waals surface area contributed by atoms with E-state index in [1.165, 1.54) is 12.1 Å². The van der Waals surface area contributed by atoms with E-state index < -0.39 is 18.1 Å². The van der Waals surface area contributed by atoms with Gasteiger partial charge in [-0.05, 0) is 37.0 Å². The van der Waals surface area contributed by atoms with Gasteiger partial charge in [0.2, 0.25) is 0 Å². The molecule has 0 bridgehead atoms. The molecule has 20 heavy (non-hydrogen) atoms. The van der Waals surface area contributed by atoms with Crippen LogP contribution in [0.4, 0.5) is 18.9 Å². The number of benzene rings is 1. The third kappa shape index (κ3) is 2.35. The maximum absolute atomic E-state index is 12.6. The number of hydrogen-bond acceptors (Lipinski definition) is 2. The highest BCUT2D eigenvalue weighted by molar-refractivity contribution is 6.01. The number of hydrogen-bond donors (Lipinski definition) is 1. The monoisotopic (exact) mass is 287 g/mol. The number of nitrogens with zero attached hydrogens (tertiary/aromatic N) is 1. The lowest BCUT2D eigenvalue weighted by atomic mass is 9.93. The number of halogens is 3. The molecule has 1 N–H and O–H groups in total. The maximum Gasteiger partial charge on any atom is 0.471 e. The molecular weight excluding hydrogens is 275 g/mol. The smallest absolute Gasteiger partial charge is 0.471 e. The normalized spacial score (nSPS) is 14.9. The second-order valence-electron chi connectivity index (χ2n) is 4.62. The van der Waals surface area contributed by atoms with E-state index >= 15 is 0 Å². The summed E-state index contributed by atoms with van der Waals surface area (Å²) in [4.78, 5) is 23.3. The number of fused-ring (bicyclic) bond motifs is 1. The summed E-state index contributed by atoms with van der Waals surface area (Å²) in [5.41, 5.74) is 0.794. The summed E-state index contributed by atoms with van der Waals surface area (Å²) in [6, 6.07) is 2.80. The first-order valence-electron chi connectivity index (χ1n) is 5.98. The summed E-state index contributed by atoms with van der Waals surface area (Å²) >= 11 is 0. The zero-order valence-electron chi connectivity index (χ0n) is 10.6. The fourth-order valence-electron chi connectivity index (χ4n) is 2.46. The molecule has 0 aliphatic carbocycles.